The zero-order chi connectivity index (χ0) is 13.8. The Morgan fingerprint density at radius 2 is 1.79 bits per heavy atom. The van der Waals surface area contributed by atoms with Crippen LogP contribution >= 0.6 is 0 Å². The van der Waals surface area contributed by atoms with Crippen LogP contribution in [0.4, 0.5) is 5.69 Å². The van der Waals surface area contributed by atoms with Crippen molar-refractivity contribution in [2.45, 2.75) is 13.5 Å². The van der Waals surface area contributed by atoms with E-state index in [9.17, 15) is 10.2 Å². The Bertz CT molecular complexity index is 582. The molecule has 2 aromatic rings. The second kappa shape index (κ2) is 5.52. The number of rotatable bonds is 4. The standard InChI is InChI=1S/C15H17NO3/c1-10-7-12(3-5-14(10)17)16-9-11-8-13(19-2)4-6-15(11)18/h3-8,16-18H,9H2,1-2H3. The maximum Gasteiger partial charge on any atom is 0.120 e. The first kappa shape index (κ1) is 13.1. The molecule has 0 atom stereocenters. The number of benzene rings is 2. The first-order chi connectivity index (χ1) is 9.10. The quantitative estimate of drug-likeness (QED) is 0.739. The molecule has 0 aliphatic heterocycles. The highest BCUT2D eigenvalue weighted by Gasteiger charge is 2.04. The zero-order valence-electron chi connectivity index (χ0n) is 11.0. The van der Waals surface area contributed by atoms with Crippen LogP contribution in [0.3, 0.4) is 0 Å². The van der Waals surface area contributed by atoms with Crippen LogP contribution in [-0.4, -0.2) is 17.3 Å². The van der Waals surface area contributed by atoms with Gasteiger partial charge in [-0.15, -0.1) is 0 Å². The average Bonchev–Trinajstić information content (AvgIpc) is 2.41. The van der Waals surface area contributed by atoms with E-state index in [1.807, 2.05) is 13.0 Å². The number of ether oxygens (including phenoxy) is 1. The second-order valence-electron chi connectivity index (χ2n) is 4.35. The molecule has 0 radical (unpaired) electrons. The number of phenols is 2. The molecular weight excluding hydrogens is 242 g/mol. The van der Waals surface area contributed by atoms with Gasteiger partial charge in [-0.3, -0.25) is 0 Å². The van der Waals surface area contributed by atoms with Gasteiger partial charge in [0.1, 0.15) is 17.2 Å². The van der Waals surface area contributed by atoms with Crippen molar-refractivity contribution < 1.29 is 14.9 Å². The molecule has 0 saturated heterocycles. The Labute approximate surface area is 112 Å². The summed E-state index contributed by atoms with van der Waals surface area (Å²) in [6, 6.07) is 10.4. The summed E-state index contributed by atoms with van der Waals surface area (Å²) in [7, 11) is 1.59. The molecule has 2 rings (SSSR count). The summed E-state index contributed by atoms with van der Waals surface area (Å²) in [4.78, 5) is 0. The highest BCUT2D eigenvalue weighted by Crippen LogP contribution is 2.25. The van der Waals surface area contributed by atoms with Crippen LogP contribution < -0.4 is 10.1 Å². The van der Waals surface area contributed by atoms with E-state index in [1.54, 1.807) is 37.4 Å². The van der Waals surface area contributed by atoms with Gasteiger partial charge in [-0.1, -0.05) is 0 Å². The largest absolute Gasteiger partial charge is 0.508 e. The topological polar surface area (TPSA) is 61.7 Å². The summed E-state index contributed by atoms with van der Waals surface area (Å²) in [5.74, 6) is 1.20. The number of nitrogens with one attached hydrogen (secondary N) is 1. The van der Waals surface area contributed by atoms with E-state index in [0.29, 0.717) is 12.3 Å². The van der Waals surface area contributed by atoms with E-state index < -0.39 is 0 Å². The van der Waals surface area contributed by atoms with Gasteiger partial charge in [-0.05, 0) is 48.9 Å². The summed E-state index contributed by atoms with van der Waals surface area (Å²) in [6.07, 6.45) is 0. The van der Waals surface area contributed by atoms with Gasteiger partial charge in [-0.2, -0.15) is 0 Å². The Morgan fingerprint density at radius 1 is 1.05 bits per heavy atom. The van der Waals surface area contributed by atoms with Crippen molar-refractivity contribution in [3.05, 3.63) is 47.5 Å². The number of hydrogen-bond donors (Lipinski definition) is 3. The minimum atomic E-state index is 0.226. The first-order valence-electron chi connectivity index (χ1n) is 5.99. The lowest BCUT2D eigenvalue weighted by atomic mass is 10.1. The van der Waals surface area contributed by atoms with Crippen molar-refractivity contribution in [3.63, 3.8) is 0 Å². The van der Waals surface area contributed by atoms with Gasteiger partial charge in [-0.25, -0.2) is 0 Å². The van der Waals surface area contributed by atoms with Crippen LogP contribution in [-0.2, 0) is 6.54 Å². The van der Waals surface area contributed by atoms with Crippen molar-refractivity contribution in [2.24, 2.45) is 0 Å². The highest BCUT2D eigenvalue weighted by molar-refractivity contribution is 5.51. The fraction of sp³-hybridized carbons (Fsp3) is 0.200. The van der Waals surface area contributed by atoms with Crippen molar-refractivity contribution in [2.75, 3.05) is 12.4 Å². The third-order valence-corrected chi connectivity index (χ3v) is 2.97. The second-order valence-corrected chi connectivity index (χ2v) is 4.35. The number of anilines is 1. The number of phenolic OH excluding ortho intramolecular Hbond substituents is 2. The summed E-state index contributed by atoms with van der Waals surface area (Å²) in [5, 5.41) is 22.4. The van der Waals surface area contributed by atoms with Crippen LogP contribution in [0.5, 0.6) is 17.2 Å². The van der Waals surface area contributed by atoms with Crippen molar-refractivity contribution >= 4 is 5.69 Å². The monoisotopic (exact) mass is 259 g/mol. The fourth-order valence-electron chi connectivity index (χ4n) is 1.79. The molecule has 100 valence electrons. The average molecular weight is 259 g/mol. The van der Waals surface area contributed by atoms with Crippen LogP contribution in [0.15, 0.2) is 36.4 Å². The van der Waals surface area contributed by atoms with Crippen LogP contribution in [0, 0.1) is 6.92 Å². The van der Waals surface area contributed by atoms with E-state index in [1.165, 1.54) is 0 Å². The molecule has 0 bridgehead atoms. The molecule has 2 aromatic carbocycles. The summed E-state index contributed by atoms with van der Waals surface area (Å²) in [5.41, 5.74) is 2.45. The molecule has 0 aliphatic rings. The molecular formula is C15H17NO3. The fourth-order valence-corrected chi connectivity index (χ4v) is 1.79. The number of hydrogen-bond acceptors (Lipinski definition) is 4. The third-order valence-electron chi connectivity index (χ3n) is 2.97. The Hall–Kier alpha value is -2.36. The maximum atomic E-state index is 9.77. The predicted octanol–water partition coefficient (Wildman–Crippen LogP) is 3.03. The zero-order valence-corrected chi connectivity index (χ0v) is 11.0. The Balaban J connectivity index is 2.11. The van der Waals surface area contributed by atoms with Crippen LogP contribution in [0.1, 0.15) is 11.1 Å². The lowest BCUT2D eigenvalue weighted by Crippen LogP contribution is -2.00. The van der Waals surface area contributed by atoms with Gasteiger partial charge < -0.3 is 20.3 Å². The van der Waals surface area contributed by atoms with Gasteiger partial charge in [0.25, 0.3) is 0 Å². The van der Waals surface area contributed by atoms with E-state index in [-0.39, 0.29) is 11.5 Å². The summed E-state index contributed by atoms with van der Waals surface area (Å²) < 4.78 is 5.12. The van der Waals surface area contributed by atoms with Crippen molar-refractivity contribution in [3.8, 4) is 17.2 Å². The molecule has 4 heteroatoms. The first-order valence-corrected chi connectivity index (χ1v) is 5.99. The van der Waals surface area contributed by atoms with Crippen molar-refractivity contribution in [1.82, 2.24) is 0 Å². The molecule has 0 aliphatic carbocycles. The SMILES string of the molecule is COc1ccc(O)c(CNc2ccc(O)c(C)c2)c1. The van der Waals surface area contributed by atoms with Gasteiger partial charge in [0.05, 0.1) is 7.11 Å². The van der Waals surface area contributed by atoms with Crippen LogP contribution in [0.25, 0.3) is 0 Å². The minimum absolute atomic E-state index is 0.226. The number of aryl methyl sites for hydroxylation is 1. The molecule has 4 nitrogen and oxygen atoms in total. The number of methoxy groups -OCH3 is 1. The molecule has 0 spiro atoms. The Kier molecular flexibility index (Phi) is 3.80. The summed E-state index contributed by atoms with van der Waals surface area (Å²) >= 11 is 0. The lowest BCUT2D eigenvalue weighted by Gasteiger charge is -2.10. The normalized spacial score (nSPS) is 10.2. The predicted molar refractivity (Wildman–Crippen MR) is 74.8 cm³/mol. The van der Waals surface area contributed by atoms with Gasteiger partial charge in [0.2, 0.25) is 0 Å². The minimum Gasteiger partial charge on any atom is -0.508 e. The number of aromatic hydroxyl groups is 2. The van der Waals surface area contributed by atoms with E-state index in [0.717, 1.165) is 16.8 Å². The molecule has 0 saturated carbocycles. The molecule has 0 heterocycles. The maximum absolute atomic E-state index is 9.77. The third kappa shape index (κ3) is 3.10. The van der Waals surface area contributed by atoms with Gasteiger partial charge >= 0.3 is 0 Å². The molecule has 19 heavy (non-hydrogen) atoms. The van der Waals surface area contributed by atoms with Gasteiger partial charge in [0.15, 0.2) is 0 Å². The highest BCUT2D eigenvalue weighted by atomic mass is 16.5. The molecule has 0 amide bonds. The van der Waals surface area contributed by atoms with Gasteiger partial charge in [0, 0.05) is 17.8 Å². The van der Waals surface area contributed by atoms with E-state index in [2.05, 4.69) is 5.32 Å². The molecule has 3 N–H and O–H groups in total. The Morgan fingerprint density at radius 3 is 2.47 bits per heavy atom. The molecule has 0 unspecified atom stereocenters. The summed E-state index contributed by atoms with van der Waals surface area (Å²) in [6.45, 7) is 2.32. The van der Waals surface area contributed by atoms with Crippen molar-refractivity contribution in [1.29, 1.82) is 0 Å². The van der Waals surface area contributed by atoms with E-state index >= 15 is 0 Å². The smallest absolute Gasteiger partial charge is 0.120 e. The molecule has 0 fully saturated rings. The van der Waals surface area contributed by atoms with E-state index in [4.69, 9.17) is 4.74 Å². The molecule has 0 aromatic heterocycles. The van der Waals surface area contributed by atoms with Crippen LogP contribution in [0.2, 0.25) is 0 Å². The lowest BCUT2D eigenvalue weighted by molar-refractivity contribution is 0.411.